The maximum atomic E-state index is 11.0. The lowest BCUT2D eigenvalue weighted by molar-refractivity contribution is 0.398. The highest BCUT2D eigenvalue weighted by molar-refractivity contribution is 5.90. The van der Waals surface area contributed by atoms with Crippen molar-refractivity contribution in [1.29, 1.82) is 0 Å². The van der Waals surface area contributed by atoms with Gasteiger partial charge in [0.25, 0.3) is 0 Å². The van der Waals surface area contributed by atoms with Gasteiger partial charge in [0.05, 0.1) is 12.8 Å². The number of aryl methyl sites for hydroxylation is 1. The molecule has 3 aromatic rings. The van der Waals surface area contributed by atoms with E-state index in [1.54, 1.807) is 13.3 Å². The normalized spacial score (nSPS) is 12.9. The van der Waals surface area contributed by atoms with Crippen LogP contribution >= 0.6 is 0 Å². The highest BCUT2D eigenvalue weighted by Gasteiger charge is 2.27. The summed E-state index contributed by atoms with van der Waals surface area (Å²) in [6.07, 6.45) is 1.78. The van der Waals surface area contributed by atoms with Crippen LogP contribution in [0.4, 0.5) is 5.69 Å². The van der Waals surface area contributed by atoms with Gasteiger partial charge in [0.2, 0.25) is 0 Å². The zero-order valence-corrected chi connectivity index (χ0v) is 24.0. The lowest BCUT2D eigenvalue weighted by Gasteiger charge is -2.29. The Hall–Kier alpha value is -3.07. The minimum absolute atomic E-state index is 0.0179. The van der Waals surface area contributed by atoms with Gasteiger partial charge in [-0.15, -0.1) is 0 Å². The molecule has 0 aliphatic heterocycles. The molecule has 0 saturated heterocycles. The number of aliphatic imine (C=N–C) groups is 1. The Balaban J connectivity index is 2.25. The fourth-order valence-electron chi connectivity index (χ4n) is 4.47. The van der Waals surface area contributed by atoms with Crippen LogP contribution in [0.3, 0.4) is 0 Å². The van der Waals surface area contributed by atoms with Crippen molar-refractivity contribution >= 4 is 11.9 Å². The Bertz CT molecular complexity index is 1280. The summed E-state index contributed by atoms with van der Waals surface area (Å²) < 4.78 is 6.04. The second-order valence-corrected chi connectivity index (χ2v) is 12.9. The summed E-state index contributed by atoms with van der Waals surface area (Å²) in [4.78, 5) is 4.90. The number of rotatable bonds is 4. The van der Waals surface area contributed by atoms with Crippen LogP contribution < -0.4 is 4.74 Å². The minimum atomic E-state index is -0.166. The second kappa shape index (κ2) is 9.76. The molecular formula is C33H43NO2. The highest BCUT2D eigenvalue weighted by atomic mass is 16.5. The Kier molecular flexibility index (Phi) is 7.46. The monoisotopic (exact) mass is 485 g/mol. The Morgan fingerprint density at radius 2 is 1.36 bits per heavy atom. The summed E-state index contributed by atoms with van der Waals surface area (Å²) in [7, 11) is 1.75. The molecule has 1 N–H and O–H groups in total. The van der Waals surface area contributed by atoms with Gasteiger partial charge in [-0.3, -0.25) is 4.99 Å². The van der Waals surface area contributed by atoms with E-state index >= 15 is 0 Å². The molecule has 3 heteroatoms. The number of phenols is 1. The van der Waals surface area contributed by atoms with E-state index in [4.69, 9.17) is 9.73 Å². The molecule has 0 saturated carbocycles. The fraction of sp³-hybridized carbons (Fsp3) is 0.424. The van der Waals surface area contributed by atoms with Crippen LogP contribution in [0.15, 0.2) is 53.5 Å². The van der Waals surface area contributed by atoms with E-state index in [1.165, 1.54) is 11.1 Å². The zero-order chi connectivity index (χ0) is 27.1. The molecule has 0 aliphatic carbocycles. The first-order valence-electron chi connectivity index (χ1n) is 12.7. The first-order valence-corrected chi connectivity index (χ1v) is 12.7. The average Bonchev–Trinajstić information content (AvgIpc) is 2.76. The maximum Gasteiger partial charge on any atom is 0.130 e. The molecule has 0 atom stereocenters. The smallest absolute Gasteiger partial charge is 0.130 e. The number of methoxy groups -OCH3 is 1. The fourth-order valence-corrected chi connectivity index (χ4v) is 4.47. The third-order valence-electron chi connectivity index (χ3n) is 6.60. The van der Waals surface area contributed by atoms with Crippen molar-refractivity contribution in [3.8, 4) is 22.6 Å². The number of hydrogen-bond acceptors (Lipinski definition) is 3. The van der Waals surface area contributed by atoms with Crippen LogP contribution in [0.25, 0.3) is 11.1 Å². The molecule has 3 nitrogen and oxygen atoms in total. The summed E-state index contributed by atoms with van der Waals surface area (Å²) >= 11 is 0. The Labute approximate surface area is 218 Å². The first-order chi connectivity index (χ1) is 16.5. The topological polar surface area (TPSA) is 41.8 Å². The van der Waals surface area contributed by atoms with Crippen LogP contribution in [0, 0.1) is 6.92 Å². The van der Waals surface area contributed by atoms with E-state index in [0.717, 1.165) is 39.3 Å². The Morgan fingerprint density at radius 3 is 1.92 bits per heavy atom. The molecular weight excluding hydrogens is 442 g/mol. The van der Waals surface area contributed by atoms with Crippen molar-refractivity contribution in [3.63, 3.8) is 0 Å². The Morgan fingerprint density at radius 1 is 0.750 bits per heavy atom. The first kappa shape index (κ1) is 27.5. The van der Waals surface area contributed by atoms with Crippen molar-refractivity contribution in [3.05, 3.63) is 76.3 Å². The van der Waals surface area contributed by atoms with Crippen molar-refractivity contribution in [1.82, 2.24) is 0 Å². The van der Waals surface area contributed by atoms with Gasteiger partial charge in [-0.2, -0.15) is 0 Å². The van der Waals surface area contributed by atoms with Crippen molar-refractivity contribution < 1.29 is 9.84 Å². The van der Waals surface area contributed by atoms with Crippen molar-refractivity contribution in [2.75, 3.05) is 7.11 Å². The van der Waals surface area contributed by atoms with E-state index in [-0.39, 0.29) is 22.0 Å². The van der Waals surface area contributed by atoms with Crippen LogP contribution in [-0.4, -0.2) is 18.4 Å². The molecule has 192 valence electrons. The number of phenolic OH excluding ortho intramolecular Hbond substituents is 1. The zero-order valence-electron chi connectivity index (χ0n) is 24.0. The van der Waals surface area contributed by atoms with Gasteiger partial charge in [0.15, 0.2) is 0 Å². The van der Waals surface area contributed by atoms with E-state index in [9.17, 15) is 5.11 Å². The standard InChI is InChI=1S/C33H43NO2/c1-21-16-22(29(35)26(17-21)32(5,6)7)20-34-28-15-13-12-14-24(28)25-18-23(31(2,3)4)19-27(30(25)36-11)33(8,9)10/h12-20,35H,1-11H3. The summed E-state index contributed by atoms with van der Waals surface area (Å²) in [5.41, 5.74) is 7.78. The van der Waals surface area contributed by atoms with E-state index in [2.05, 4.69) is 93.5 Å². The van der Waals surface area contributed by atoms with Crippen LogP contribution in [0.1, 0.15) is 90.1 Å². The van der Waals surface area contributed by atoms with Crippen molar-refractivity contribution in [2.45, 2.75) is 85.5 Å². The van der Waals surface area contributed by atoms with E-state index in [0.29, 0.717) is 0 Å². The summed E-state index contributed by atoms with van der Waals surface area (Å²) in [6.45, 7) is 21.8. The number of para-hydroxylation sites is 1. The lowest BCUT2D eigenvalue weighted by atomic mass is 9.78. The number of nitrogens with zero attached hydrogens (tertiary/aromatic N) is 1. The lowest BCUT2D eigenvalue weighted by Crippen LogP contribution is -2.18. The molecule has 0 amide bonds. The van der Waals surface area contributed by atoms with Gasteiger partial charge in [0.1, 0.15) is 11.5 Å². The average molecular weight is 486 g/mol. The largest absolute Gasteiger partial charge is 0.507 e. The van der Waals surface area contributed by atoms with Gasteiger partial charge < -0.3 is 9.84 Å². The highest BCUT2D eigenvalue weighted by Crippen LogP contribution is 2.45. The number of benzene rings is 3. The molecule has 0 fully saturated rings. The van der Waals surface area contributed by atoms with Gasteiger partial charge in [0, 0.05) is 34.0 Å². The predicted octanol–water partition coefficient (Wildman–Crippen LogP) is 9.02. The molecule has 0 unspecified atom stereocenters. The number of ether oxygens (including phenoxy) is 1. The second-order valence-electron chi connectivity index (χ2n) is 12.9. The maximum absolute atomic E-state index is 11.0. The van der Waals surface area contributed by atoms with E-state index in [1.807, 2.05) is 24.3 Å². The third-order valence-corrected chi connectivity index (χ3v) is 6.60. The molecule has 0 radical (unpaired) electrons. The molecule has 0 heterocycles. The van der Waals surface area contributed by atoms with Crippen LogP contribution in [0.5, 0.6) is 11.5 Å². The summed E-state index contributed by atoms with van der Waals surface area (Å²) in [5.74, 6) is 1.17. The predicted molar refractivity (Wildman–Crippen MR) is 155 cm³/mol. The molecule has 0 aliphatic rings. The molecule has 36 heavy (non-hydrogen) atoms. The molecule has 0 spiro atoms. The van der Waals surface area contributed by atoms with E-state index < -0.39 is 0 Å². The summed E-state index contributed by atoms with van der Waals surface area (Å²) in [5, 5.41) is 11.0. The van der Waals surface area contributed by atoms with Crippen molar-refractivity contribution in [2.24, 2.45) is 4.99 Å². The number of hydrogen-bond donors (Lipinski definition) is 1. The van der Waals surface area contributed by atoms with Gasteiger partial charge >= 0.3 is 0 Å². The van der Waals surface area contributed by atoms with Crippen LogP contribution in [0.2, 0.25) is 0 Å². The molecule has 0 bridgehead atoms. The SMILES string of the molecule is COc1c(-c2ccccc2N=Cc2cc(C)cc(C(C)(C)C)c2O)cc(C(C)(C)C)cc1C(C)(C)C. The molecule has 0 aromatic heterocycles. The van der Waals surface area contributed by atoms with Crippen LogP contribution in [-0.2, 0) is 16.2 Å². The minimum Gasteiger partial charge on any atom is -0.507 e. The van der Waals surface area contributed by atoms with Gasteiger partial charge in [-0.25, -0.2) is 0 Å². The quantitative estimate of drug-likeness (QED) is 0.375. The van der Waals surface area contributed by atoms with Gasteiger partial charge in [-0.05, 0) is 52.5 Å². The van der Waals surface area contributed by atoms with Gasteiger partial charge in [-0.1, -0.05) is 92.6 Å². The summed E-state index contributed by atoms with van der Waals surface area (Å²) in [6, 6.07) is 16.7. The third kappa shape index (κ3) is 5.83. The number of aromatic hydroxyl groups is 1. The molecule has 3 rings (SSSR count). The molecule has 3 aromatic carbocycles.